The van der Waals surface area contributed by atoms with E-state index in [4.69, 9.17) is 9.47 Å². The van der Waals surface area contributed by atoms with Gasteiger partial charge in [0, 0.05) is 24.1 Å². The van der Waals surface area contributed by atoms with Gasteiger partial charge in [-0.25, -0.2) is 0 Å². The Morgan fingerprint density at radius 1 is 1.08 bits per heavy atom. The highest BCUT2D eigenvalue weighted by Gasteiger charge is 2.20. The van der Waals surface area contributed by atoms with Crippen molar-refractivity contribution in [2.24, 2.45) is 0 Å². The topological polar surface area (TPSA) is 38.8 Å². The largest absolute Gasteiger partial charge is 0.490 e. The summed E-state index contributed by atoms with van der Waals surface area (Å²) in [5, 5.41) is -0.194. The first-order valence-corrected chi connectivity index (χ1v) is 8.92. The summed E-state index contributed by atoms with van der Waals surface area (Å²) in [5.41, 5.74) is 0.897. The molecule has 1 amide bonds. The molecule has 0 unspecified atom stereocenters. The Labute approximate surface area is 146 Å². The third kappa shape index (κ3) is 3.85. The summed E-state index contributed by atoms with van der Waals surface area (Å²) < 4.78 is 11.4. The Balaban J connectivity index is 1.69. The van der Waals surface area contributed by atoms with E-state index in [0.29, 0.717) is 13.2 Å². The molecular formula is C19H21NO3S. The number of carbonyl (C=O) groups is 1. The van der Waals surface area contributed by atoms with Crippen molar-refractivity contribution in [2.75, 3.05) is 25.2 Å². The van der Waals surface area contributed by atoms with Crippen molar-refractivity contribution in [3.8, 4) is 11.5 Å². The molecule has 0 saturated heterocycles. The number of hydrogen-bond acceptors (Lipinski definition) is 4. The lowest BCUT2D eigenvalue weighted by atomic mass is 10.3. The van der Waals surface area contributed by atoms with Crippen molar-refractivity contribution >= 4 is 23.4 Å². The van der Waals surface area contributed by atoms with E-state index < -0.39 is 0 Å². The van der Waals surface area contributed by atoms with Crippen molar-refractivity contribution in [2.45, 2.75) is 23.5 Å². The van der Waals surface area contributed by atoms with Crippen LogP contribution < -0.4 is 14.4 Å². The maximum Gasteiger partial charge on any atom is 0.239 e. The first-order chi connectivity index (χ1) is 11.6. The molecule has 0 aliphatic carbocycles. The molecule has 1 aliphatic heterocycles. The molecule has 0 aromatic heterocycles. The normalized spacial score (nSPS) is 14.6. The Morgan fingerprint density at radius 3 is 2.54 bits per heavy atom. The molecule has 126 valence electrons. The molecule has 1 aliphatic rings. The van der Waals surface area contributed by atoms with Gasteiger partial charge in [0.15, 0.2) is 11.5 Å². The molecule has 3 rings (SSSR count). The summed E-state index contributed by atoms with van der Waals surface area (Å²) in [6.07, 6.45) is 0.883. The van der Waals surface area contributed by atoms with Crippen molar-refractivity contribution in [1.82, 2.24) is 0 Å². The van der Waals surface area contributed by atoms with Gasteiger partial charge in [-0.15, -0.1) is 11.8 Å². The summed E-state index contributed by atoms with van der Waals surface area (Å²) in [7, 11) is 1.81. The number of hydrogen-bond donors (Lipinski definition) is 0. The molecule has 1 atom stereocenters. The van der Waals surface area contributed by atoms with Gasteiger partial charge in [0.1, 0.15) is 0 Å². The zero-order chi connectivity index (χ0) is 16.9. The van der Waals surface area contributed by atoms with Gasteiger partial charge in [0.25, 0.3) is 0 Å². The summed E-state index contributed by atoms with van der Waals surface area (Å²) in [5.74, 6) is 1.60. The lowest BCUT2D eigenvalue weighted by Crippen LogP contribution is -2.33. The summed E-state index contributed by atoms with van der Waals surface area (Å²) in [6.45, 7) is 3.26. The fraction of sp³-hybridized carbons (Fsp3) is 0.316. The lowest BCUT2D eigenvalue weighted by molar-refractivity contribution is -0.117. The molecule has 0 bridgehead atoms. The highest BCUT2D eigenvalue weighted by atomic mass is 32.2. The highest BCUT2D eigenvalue weighted by molar-refractivity contribution is 8.00. The Hall–Kier alpha value is -2.14. The monoisotopic (exact) mass is 343 g/mol. The van der Waals surface area contributed by atoms with Crippen LogP contribution in [0.5, 0.6) is 11.5 Å². The maximum absolute atomic E-state index is 12.6. The van der Waals surface area contributed by atoms with E-state index in [9.17, 15) is 4.79 Å². The molecule has 0 saturated carbocycles. The molecule has 0 N–H and O–H groups in total. The molecule has 4 nitrogen and oxygen atoms in total. The van der Waals surface area contributed by atoms with Crippen LogP contribution in [0.15, 0.2) is 53.4 Å². The van der Waals surface area contributed by atoms with E-state index in [0.717, 1.165) is 28.5 Å². The molecule has 0 fully saturated rings. The predicted molar refractivity (Wildman–Crippen MR) is 97.2 cm³/mol. The maximum atomic E-state index is 12.6. The first kappa shape index (κ1) is 16.7. The number of benzene rings is 2. The van der Waals surface area contributed by atoms with Crippen molar-refractivity contribution in [3.05, 3.63) is 48.5 Å². The van der Waals surface area contributed by atoms with Crippen LogP contribution in [-0.4, -0.2) is 31.4 Å². The number of nitrogens with zero attached hydrogens (tertiary/aromatic N) is 1. The van der Waals surface area contributed by atoms with Crippen molar-refractivity contribution < 1.29 is 14.3 Å². The van der Waals surface area contributed by atoms with Gasteiger partial charge in [0.05, 0.1) is 18.5 Å². The number of para-hydroxylation sites is 1. The van der Waals surface area contributed by atoms with Gasteiger partial charge in [0.2, 0.25) is 5.91 Å². The third-order valence-electron chi connectivity index (χ3n) is 3.85. The number of rotatable bonds is 4. The van der Waals surface area contributed by atoms with Crippen molar-refractivity contribution in [1.29, 1.82) is 0 Å². The molecule has 0 radical (unpaired) electrons. The number of fused-ring (bicyclic) bond motifs is 1. The van der Waals surface area contributed by atoms with E-state index >= 15 is 0 Å². The molecule has 0 spiro atoms. The van der Waals surface area contributed by atoms with E-state index in [1.807, 2.05) is 62.5 Å². The minimum Gasteiger partial charge on any atom is -0.490 e. The van der Waals surface area contributed by atoms with Gasteiger partial charge >= 0.3 is 0 Å². The molecule has 1 heterocycles. The fourth-order valence-corrected chi connectivity index (χ4v) is 3.51. The number of thioether (sulfide) groups is 1. The number of anilines is 1. The molecule has 24 heavy (non-hydrogen) atoms. The van der Waals surface area contributed by atoms with Gasteiger partial charge in [-0.2, -0.15) is 0 Å². The highest BCUT2D eigenvalue weighted by Crippen LogP contribution is 2.35. The van der Waals surface area contributed by atoms with Crippen LogP contribution in [-0.2, 0) is 4.79 Å². The molecular weight excluding hydrogens is 322 g/mol. The fourth-order valence-electron chi connectivity index (χ4n) is 2.52. The van der Waals surface area contributed by atoms with Crippen LogP contribution >= 0.6 is 11.8 Å². The van der Waals surface area contributed by atoms with Crippen LogP contribution in [0.1, 0.15) is 13.3 Å². The average Bonchev–Trinajstić information content (AvgIpc) is 2.86. The third-order valence-corrected chi connectivity index (χ3v) is 4.93. The smallest absolute Gasteiger partial charge is 0.239 e. The molecule has 5 heteroatoms. The van der Waals surface area contributed by atoms with Crippen LogP contribution in [0.25, 0.3) is 0 Å². The van der Waals surface area contributed by atoms with Crippen LogP contribution in [0, 0.1) is 0 Å². The Bertz CT molecular complexity index is 705. The minimum absolute atomic E-state index is 0.0679. The SMILES string of the molecule is C[C@@H](Sc1ccc2c(c1)OCCCO2)C(=O)N(C)c1ccccc1. The second-order valence-corrected chi connectivity index (χ2v) is 7.07. The average molecular weight is 343 g/mol. The van der Waals surface area contributed by atoms with E-state index in [1.54, 1.807) is 4.90 Å². The van der Waals surface area contributed by atoms with E-state index in [1.165, 1.54) is 11.8 Å². The minimum atomic E-state index is -0.194. The second-order valence-electron chi connectivity index (χ2n) is 5.65. The van der Waals surface area contributed by atoms with Crippen LogP contribution in [0.3, 0.4) is 0 Å². The predicted octanol–water partition coefficient (Wildman–Crippen LogP) is 3.99. The van der Waals surface area contributed by atoms with E-state index in [2.05, 4.69) is 0 Å². The summed E-state index contributed by atoms with van der Waals surface area (Å²) in [4.78, 5) is 15.3. The number of ether oxygens (including phenoxy) is 2. The van der Waals surface area contributed by atoms with E-state index in [-0.39, 0.29) is 11.2 Å². The number of carbonyl (C=O) groups excluding carboxylic acids is 1. The summed E-state index contributed by atoms with van der Waals surface area (Å²) >= 11 is 1.53. The first-order valence-electron chi connectivity index (χ1n) is 8.04. The number of amides is 1. The van der Waals surface area contributed by atoms with Crippen LogP contribution in [0.4, 0.5) is 5.69 Å². The Morgan fingerprint density at radius 2 is 1.79 bits per heavy atom. The second kappa shape index (κ2) is 7.62. The lowest BCUT2D eigenvalue weighted by Gasteiger charge is -2.21. The quantitative estimate of drug-likeness (QED) is 0.787. The van der Waals surface area contributed by atoms with Crippen molar-refractivity contribution in [3.63, 3.8) is 0 Å². The Kier molecular flexibility index (Phi) is 5.30. The van der Waals surface area contributed by atoms with Gasteiger partial charge in [-0.05, 0) is 37.3 Å². The van der Waals surface area contributed by atoms with Gasteiger partial charge < -0.3 is 14.4 Å². The van der Waals surface area contributed by atoms with Crippen LogP contribution in [0.2, 0.25) is 0 Å². The van der Waals surface area contributed by atoms with Gasteiger partial charge in [-0.3, -0.25) is 4.79 Å². The molecule has 2 aromatic rings. The zero-order valence-corrected chi connectivity index (χ0v) is 14.7. The molecule has 2 aromatic carbocycles. The summed E-state index contributed by atoms with van der Waals surface area (Å²) in [6, 6.07) is 15.5. The standard InChI is InChI=1S/C19H21NO3S/c1-14(19(21)20(2)15-7-4-3-5-8-15)24-16-9-10-17-18(13-16)23-12-6-11-22-17/h3-5,7-10,13-14H,6,11-12H2,1-2H3/t14-/m1/s1. The zero-order valence-electron chi connectivity index (χ0n) is 13.9. The van der Waals surface area contributed by atoms with Gasteiger partial charge in [-0.1, -0.05) is 18.2 Å².